The highest BCUT2D eigenvalue weighted by Crippen LogP contribution is 2.37. The summed E-state index contributed by atoms with van der Waals surface area (Å²) in [6, 6.07) is 3.33. The molecule has 1 aliphatic carbocycles. The van der Waals surface area contributed by atoms with Crippen LogP contribution in [0.15, 0.2) is 41.0 Å². The van der Waals surface area contributed by atoms with E-state index >= 15 is 0 Å². The molecule has 1 unspecified atom stereocenters. The molecule has 1 aromatic carbocycles. The first kappa shape index (κ1) is 16.4. The Labute approximate surface area is 135 Å². The van der Waals surface area contributed by atoms with Crippen LogP contribution in [0, 0.1) is 5.82 Å². The Morgan fingerprint density at radius 3 is 2.79 bits per heavy atom. The molecule has 24 heavy (non-hydrogen) atoms. The Hall–Kier alpha value is -2.51. The van der Waals surface area contributed by atoms with E-state index in [0.29, 0.717) is 23.4 Å². The number of rotatable bonds is 3. The summed E-state index contributed by atoms with van der Waals surface area (Å²) in [5.41, 5.74) is 7.62. The minimum absolute atomic E-state index is 0.00800. The summed E-state index contributed by atoms with van der Waals surface area (Å²) < 4.78 is 55.7. The highest BCUT2D eigenvalue weighted by atomic mass is 19.4. The molecule has 0 aromatic heterocycles. The number of hydrazone groups is 1. The maximum atomic E-state index is 13.6. The number of nitrogens with two attached hydrogens (primary N) is 1. The number of nitrogens with zero attached hydrogens (tertiary/aromatic N) is 2. The third-order valence-corrected chi connectivity index (χ3v) is 3.93. The van der Waals surface area contributed by atoms with E-state index < -0.39 is 18.6 Å². The molecule has 0 amide bonds. The summed E-state index contributed by atoms with van der Waals surface area (Å²) in [5.74, 6) is -0.146. The van der Waals surface area contributed by atoms with Crippen LogP contribution in [0.25, 0.3) is 5.57 Å². The van der Waals surface area contributed by atoms with E-state index in [1.165, 1.54) is 12.1 Å². The zero-order valence-corrected chi connectivity index (χ0v) is 12.8. The van der Waals surface area contributed by atoms with Gasteiger partial charge in [0.25, 0.3) is 0 Å². The Balaban J connectivity index is 1.92. The lowest BCUT2D eigenvalue weighted by atomic mass is 9.89. The van der Waals surface area contributed by atoms with Crippen molar-refractivity contribution in [1.29, 1.82) is 0 Å². The van der Waals surface area contributed by atoms with Crippen LogP contribution >= 0.6 is 0 Å². The average Bonchev–Trinajstić information content (AvgIpc) is 2.79. The minimum Gasteiger partial charge on any atom is -0.483 e. The van der Waals surface area contributed by atoms with Crippen molar-refractivity contribution in [3.8, 4) is 5.75 Å². The van der Waals surface area contributed by atoms with Gasteiger partial charge in [0.1, 0.15) is 17.4 Å². The van der Waals surface area contributed by atoms with E-state index in [4.69, 9.17) is 10.5 Å². The van der Waals surface area contributed by atoms with Crippen LogP contribution in [0.5, 0.6) is 5.75 Å². The molecular formula is C16H15F4N3O. The second-order valence-corrected chi connectivity index (χ2v) is 5.64. The summed E-state index contributed by atoms with van der Waals surface area (Å²) in [6.45, 7) is -1.43. The smallest absolute Gasteiger partial charge is 0.422 e. The Kier molecular flexibility index (Phi) is 3.98. The van der Waals surface area contributed by atoms with Crippen molar-refractivity contribution in [2.45, 2.75) is 18.6 Å². The van der Waals surface area contributed by atoms with Gasteiger partial charge in [-0.3, -0.25) is 5.01 Å². The number of benzene rings is 1. The lowest BCUT2D eigenvalue weighted by Gasteiger charge is -2.25. The normalized spacial score (nSPS) is 20.3. The van der Waals surface area contributed by atoms with E-state index in [2.05, 4.69) is 5.10 Å². The summed E-state index contributed by atoms with van der Waals surface area (Å²) >= 11 is 0. The van der Waals surface area contributed by atoms with Crippen molar-refractivity contribution in [2.24, 2.45) is 10.8 Å². The second kappa shape index (κ2) is 5.85. The molecule has 0 saturated carbocycles. The zero-order valence-electron chi connectivity index (χ0n) is 12.8. The molecule has 128 valence electrons. The van der Waals surface area contributed by atoms with Crippen molar-refractivity contribution in [2.75, 3.05) is 13.7 Å². The van der Waals surface area contributed by atoms with E-state index in [1.807, 2.05) is 0 Å². The molecule has 0 spiro atoms. The van der Waals surface area contributed by atoms with Gasteiger partial charge in [-0.15, -0.1) is 0 Å². The lowest BCUT2D eigenvalue weighted by Crippen LogP contribution is -2.27. The highest BCUT2D eigenvalue weighted by Gasteiger charge is 2.32. The summed E-state index contributed by atoms with van der Waals surface area (Å²) in [4.78, 5) is 0. The molecule has 8 heteroatoms. The third kappa shape index (κ3) is 3.22. The van der Waals surface area contributed by atoms with Crippen LogP contribution in [0.4, 0.5) is 17.6 Å². The van der Waals surface area contributed by atoms with Crippen molar-refractivity contribution >= 4 is 11.4 Å². The first-order chi connectivity index (χ1) is 11.2. The van der Waals surface area contributed by atoms with Crippen molar-refractivity contribution < 1.29 is 22.3 Å². The summed E-state index contributed by atoms with van der Waals surface area (Å²) in [7, 11) is 1.76. The Morgan fingerprint density at radius 2 is 2.08 bits per heavy atom. The van der Waals surface area contributed by atoms with E-state index in [0.717, 1.165) is 11.6 Å². The summed E-state index contributed by atoms with van der Waals surface area (Å²) in [6.07, 6.45) is -0.557. The van der Waals surface area contributed by atoms with Crippen LogP contribution in [0.2, 0.25) is 0 Å². The molecule has 2 N–H and O–H groups in total. The largest absolute Gasteiger partial charge is 0.483 e. The number of fused-ring (bicyclic) bond motifs is 1. The first-order valence-electron chi connectivity index (χ1n) is 7.22. The maximum Gasteiger partial charge on any atom is 0.422 e. The number of hydrogen-bond acceptors (Lipinski definition) is 4. The van der Waals surface area contributed by atoms with E-state index in [9.17, 15) is 17.6 Å². The molecule has 2 aliphatic rings. The Bertz CT molecular complexity index is 752. The average molecular weight is 341 g/mol. The molecule has 4 nitrogen and oxygen atoms in total. The van der Waals surface area contributed by atoms with Gasteiger partial charge in [-0.05, 0) is 30.2 Å². The fourth-order valence-electron chi connectivity index (χ4n) is 2.81. The number of ether oxygens (including phenoxy) is 1. The third-order valence-electron chi connectivity index (χ3n) is 3.93. The van der Waals surface area contributed by atoms with Gasteiger partial charge in [0.15, 0.2) is 6.61 Å². The minimum atomic E-state index is -4.46. The molecule has 1 aliphatic heterocycles. The standard InChI is InChI=1S/C16H15F4N3O/c1-23-13-6-9(2-4-11(13)15(21)22-23)12-7-10(17)3-5-14(12)24-8-16(18,19)20/h2-5,7,13H,6,8H2,1H3,(H2,21,22). The molecular weight excluding hydrogens is 326 g/mol. The fourth-order valence-corrected chi connectivity index (χ4v) is 2.81. The number of alkyl halides is 3. The first-order valence-corrected chi connectivity index (χ1v) is 7.22. The molecule has 3 rings (SSSR count). The van der Waals surface area contributed by atoms with Gasteiger partial charge in [0.2, 0.25) is 0 Å². The number of hydrogen-bond donors (Lipinski definition) is 1. The fraction of sp³-hybridized carbons (Fsp3) is 0.312. The summed E-state index contributed by atoms with van der Waals surface area (Å²) in [5, 5.41) is 5.83. The quantitative estimate of drug-likeness (QED) is 0.860. The predicted molar refractivity (Wildman–Crippen MR) is 81.8 cm³/mol. The van der Waals surface area contributed by atoms with Gasteiger partial charge in [0, 0.05) is 18.2 Å². The van der Waals surface area contributed by atoms with Crippen LogP contribution in [-0.2, 0) is 0 Å². The lowest BCUT2D eigenvalue weighted by molar-refractivity contribution is -0.153. The molecule has 0 saturated heterocycles. The molecule has 1 aromatic rings. The number of halogens is 4. The van der Waals surface area contributed by atoms with Gasteiger partial charge in [-0.1, -0.05) is 12.2 Å². The van der Waals surface area contributed by atoms with E-state index in [-0.39, 0.29) is 11.8 Å². The molecule has 0 bridgehead atoms. The van der Waals surface area contributed by atoms with Crippen molar-refractivity contribution in [1.82, 2.24) is 5.01 Å². The second-order valence-electron chi connectivity index (χ2n) is 5.64. The predicted octanol–water partition coefficient (Wildman–Crippen LogP) is 3.07. The van der Waals surface area contributed by atoms with Gasteiger partial charge < -0.3 is 10.5 Å². The SMILES string of the molecule is CN1N=C(N)C2=CC=C(c3cc(F)ccc3OCC(F)(F)F)CC21. The maximum absolute atomic E-state index is 13.6. The van der Waals surface area contributed by atoms with Gasteiger partial charge in [-0.25, -0.2) is 4.39 Å². The van der Waals surface area contributed by atoms with Crippen LogP contribution in [-0.4, -0.2) is 36.7 Å². The zero-order chi connectivity index (χ0) is 17.5. The molecule has 1 atom stereocenters. The van der Waals surface area contributed by atoms with Crippen LogP contribution in [0.1, 0.15) is 12.0 Å². The number of amidine groups is 1. The van der Waals surface area contributed by atoms with Gasteiger partial charge in [-0.2, -0.15) is 18.3 Å². The molecule has 1 heterocycles. The molecule has 0 fully saturated rings. The van der Waals surface area contributed by atoms with Crippen molar-refractivity contribution in [3.63, 3.8) is 0 Å². The number of likely N-dealkylation sites (N-methyl/N-ethyl adjacent to an activating group) is 1. The van der Waals surface area contributed by atoms with Gasteiger partial charge in [0.05, 0.1) is 6.04 Å². The monoisotopic (exact) mass is 341 g/mol. The Morgan fingerprint density at radius 1 is 1.33 bits per heavy atom. The molecule has 0 radical (unpaired) electrons. The van der Waals surface area contributed by atoms with E-state index in [1.54, 1.807) is 24.2 Å². The van der Waals surface area contributed by atoms with Crippen molar-refractivity contribution in [3.05, 3.63) is 47.3 Å². The van der Waals surface area contributed by atoms with Gasteiger partial charge >= 0.3 is 6.18 Å². The highest BCUT2D eigenvalue weighted by molar-refractivity contribution is 6.01. The van der Waals surface area contributed by atoms with Crippen LogP contribution in [0.3, 0.4) is 0 Å². The van der Waals surface area contributed by atoms with Crippen LogP contribution < -0.4 is 10.5 Å². The number of allylic oxidation sites excluding steroid dienone is 2. The topological polar surface area (TPSA) is 50.8 Å².